The van der Waals surface area contributed by atoms with Crippen molar-refractivity contribution in [2.45, 2.75) is 123 Å². The summed E-state index contributed by atoms with van der Waals surface area (Å²) in [6, 6.07) is 0. The molecule has 0 amide bonds. The first kappa shape index (κ1) is 32.4. The second kappa shape index (κ2) is 11.9. The van der Waals surface area contributed by atoms with Crippen LogP contribution in [0.3, 0.4) is 0 Å². The molecule has 0 aliphatic carbocycles. The molecule has 0 saturated heterocycles. The maximum Gasteiger partial charge on any atom is 0.295 e. The minimum Gasteiger partial charge on any atom is -0.520 e. The highest BCUT2D eigenvalue weighted by molar-refractivity contribution is 6.72. The van der Waals surface area contributed by atoms with Crippen molar-refractivity contribution in [1.82, 2.24) is 0 Å². The molecule has 0 fully saturated rings. The third-order valence-electron chi connectivity index (χ3n) is 3.70. The van der Waals surface area contributed by atoms with E-state index in [1.54, 1.807) is 0 Å². The first-order chi connectivity index (χ1) is 13.9. The van der Waals surface area contributed by atoms with Gasteiger partial charge in [-0.25, -0.2) is 0 Å². The van der Waals surface area contributed by atoms with E-state index in [9.17, 15) is 4.79 Å². The maximum atomic E-state index is 12.9. The summed E-state index contributed by atoms with van der Waals surface area (Å²) < 4.78 is 32.1. The molecule has 0 N–H and O–H groups in total. The number of rotatable bonds is 14. The maximum absolute atomic E-state index is 12.9. The van der Waals surface area contributed by atoms with E-state index in [0.717, 1.165) is 0 Å². The Morgan fingerprint density at radius 2 is 0.969 bits per heavy atom. The van der Waals surface area contributed by atoms with Crippen LogP contribution in [0.1, 0.15) is 6.42 Å². The summed E-state index contributed by atoms with van der Waals surface area (Å²) in [5, 5.41) is 0. The topological polar surface area (TPSA) is 63.2 Å². The van der Waals surface area contributed by atoms with Crippen LogP contribution in [0.4, 0.5) is 0 Å². The SMILES string of the molecule is C[Si](C)(C)OCC(O[Si](C)(C)C)[C@H](O[Si](C)(C)C)[C@@H](CC(=O)O[Si](C)(C)C)O[Si](C)(C)C. The number of carbonyl (C=O) groups is 1. The van der Waals surface area contributed by atoms with Crippen molar-refractivity contribution in [3.05, 3.63) is 0 Å². The van der Waals surface area contributed by atoms with Gasteiger partial charge in [0.05, 0.1) is 31.3 Å². The average Bonchev–Trinajstić information content (AvgIpc) is 2.42. The standard InChI is InChI=1S/C21H52O6Si5/c1-28(2,3)23-17-19(25-30(7,8)9)21(27-32(13,14)15)18(24-29(4,5)6)16-20(22)26-31(10,11)12/h18-19,21H,16-17H2,1-15H3/t18-,19?,21-/m1/s1. The monoisotopic (exact) mass is 540 g/mol. The highest BCUT2D eigenvalue weighted by Gasteiger charge is 2.41. The van der Waals surface area contributed by atoms with Gasteiger partial charge in [-0.05, 0) is 98.2 Å². The Morgan fingerprint density at radius 1 is 0.562 bits per heavy atom. The van der Waals surface area contributed by atoms with Crippen LogP contribution in [-0.2, 0) is 26.9 Å². The van der Waals surface area contributed by atoms with Gasteiger partial charge in [-0.2, -0.15) is 0 Å². The Kier molecular flexibility index (Phi) is 12.0. The van der Waals surface area contributed by atoms with Crippen molar-refractivity contribution in [3.63, 3.8) is 0 Å². The molecule has 0 rings (SSSR count). The Hall–Kier alpha value is 0.394. The summed E-state index contributed by atoms with van der Waals surface area (Å²) in [4.78, 5) is 12.9. The van der Waals surface area contributed by atoms with Crippen LogP contribution >= 0.6 is 0 Å². The molecule has 0 bridgehead atoms. The van der Waals surface area contributed by atoms with Crippen molar-refractivity contribution >= 4 is 47.6 Å². The fourth-order valence-electron chi connectivity index (χ4n) is 3.01. The molecule has 0 aliphatic heterocycles. The molecule has 0 saturated carbocycles. The summed E-state index contributed by atoms with van der Waals surface area (Å²) in [5.41, 5.74) is 0. The molecule has 0 heterocycles. The van der Waals surface area contributed by atoms with Crippen LogP contribution in [0.2, 0.25) is 98.2 Å². The summed E-state index contributed by atoms with van der Waals surface area (Å²) in [6.45, 7) is 32.5. The van der Waals surface area contributed by atoms with Gasteiger partial charge < -0.3 is 22.1 Å². The van der Waals surface area contributed by atoms with Crippen molar-refractivity contribution < 1.29 is 26.9 Å². The summed E-state index contributed by atoms with van der Waals surface area (Å²) in [6.07, 6.45) is -0.932. The summed E-state index contributed by atoms with van der Waals surface area (Å²) >= 11 is 0. The molecule has 0 aromatic rings. The molecule has 192 valence electrons. The first-order valence-electron chi connectivity index (χ1n) is 11.8. The van der Waals surface area contributed by atoms with Crippen LogP contribution < -0.4 is 0 Å². The molecule has 0 radical (unpaired) electrons. The minimum atomic E-state index is -2.00. The summed E-state index contributed by atoms with van der Waals surface area (Å²) in [5.74, 6) is -0.213. The van der Waals surface area contributed by atoms with Crippen molar-refractivity contribution in [2.75, 3.05) is 6.61 Å². The zero-order valence-corrected chi connectivity index (χ0v) is 28.6. The van der Waals surface area contributed by atoms with E-state index in [1.807, 2.05) is 19.6 Å². The van der Waals surface area contributed by atoms with Gasteiger partial charge in [0, 0.05) is 0 Å². The van der Waals surface area contributed by atoms with Gasteiger partial charge in [-0.1, -0.05) is 0 Å². The van der Waals surface area contributed by atoms with Crippen LogP contribution in [0.15, 0.2) is 0 Å². The number of hydrogen-bond acceptors (Lipinski definition) is 6. The lowest BCUT2D eigenvalue weighted by Crippen LogP contribution is -2.55. The van der Waals surface area contributed by atoms with E-state index >= 15 is 0 Å². The molecule has 32 heavy (non-hydrogen) atoms. The fourth-order valence-corrected chi connectivity index (χ4v) is 7.79. The van der Waals surface area contributed by atoms with Crippen molar-refractivity contribution in [2.24, 2.45) is 0 Å². The predicted octanol–water partition coefficient (Wildman–Crippen LogP) is 6.27. The quantitative estimate of drug-likeness (QED) is 0.242. The fraction of sp³-hybridized carbons (Fsp3) is 0.952. The zero-order valence-electron chi connectivity index (χ0n) is 23.6. The van der Waals surface area contributed by atoms with E-state index in [-0.39, 0.29) is 24.6 Å². The zero-order chi connectivity index (χ0) is 25.8. The average molecular weight is 541 g/mol. The van der Waals surface area contributed by atoms with Crippen LogP contribution in [0, 0.1) is 0 Å². The molecule has 0 spiro atoms. The molecule has 0 aliphatic rings. The Labute approximate surface area is 203 Å². The van der Waals surface area contributed by atoms with E-state index in [1.165, 1.54) is 0 Å². The molecule has 0 aromatic heterocycles. The number of hydrogen-bond donors (Lipinski definition) is 0. The highest BCUT2D eigenvalue weighted by atomic mass is 28.4. The first-order valence-corrected chi connectivity index (χ1v) is 28.8. The molecule has 0 aromatic carbocycles. The van der Waals surface area contributed by atoms with Crippen LogP contribution in [-0.4, -0.2) is 72.5 Å². The largest absolute Gasteiger partial charge is 0.520 e. The molecule has 6 nitrogen and oxygen atoms in total. The van der Waals surface area contributed by atoms with Crippen LogP contribution in [0.25, 0.3) is 0 Å². The van der Waals surface area contributed by atoms with Crippen molar-refractivity contribution in [3.8, 4) is 0 Å². The van der Waals surface area contributed by atoms with Gasteiger partial charge in [-0.15, -0.1) is 0 Å². The van der Waals surface area contributed by atoms with E-state index in [0.29, 0.717) is 6.61 Å². The molecular formula is C21H52O6Si5. The normalized spacial score (nSPS) is 17.1. The molecule has 3 atom stereocenters. The van der Waals surface area contributed by atoms with Gasteiger partial charge in [-0.3, -0.25) is 4.79 Å². The van der Waals surface area contributed by atoms with Crippen molar-refractivity contribution in [1.29, 1.82) is 0 Å². The van der Waals surface area contributed by atoms with E-state index in [4.69, 9.17) is 22.1 Å². The smallest absolute Gasteiger partial charge is 0.295 e. The second-order valence-corrected chi connectivity index (χ2v) is 35.8. The van der Waals surface area contributed by atoms with Gasteiger partial charge in [0.1, 0.15) is 0 Å². The van der Waals surface area contributed by atoms with Gasteiger partial charge in [0.25, 0.3) is 5.97 Å². The third kappa shape index (κ3) is 17.8. The Balaban J connectivity index is 6.22. The van der Waals surface area contributed by atoms with Gasteiger partial charge >= 0.3 is 0 Å². The molecule has 11 heteroatoms. The molecular weight excluding hydrogens is 489 g/mol. The van der Waals surface area contributed by atoms with Crippen LogP contribution in [0.5, 0.6) is 0 Å². The minimum absolute atomic E-state index is 0.169. The third-order valence-corrected chi connectivity index (χ3v) is 8.57. The predicted molar refractivity (Wildman–Crippen MR) is 148 cm³/mol. The summed E-state index contributed by atoms with van der Waals surface area (Å²) in [7, 11) is -9.67. The highest BCUT2D eigenvalue weighted by Crippen LogP contribution is 2.27. The Morgan fingerprint density at radius 3 is 1.31 bits per heavy atom. The lowest BCUT2D eigenvalue weighted by molar-refractivity contribution is -0.140. The van der Waals surface area contributed by atoms with Gasteiger partial charge in [0.15, 0.2) is 33.3 Å². The second-order valence-electron chi connectivity index (χ2n) is 13.4. The van der Waals surface area contributed by atoms with E-state index in [2.05, 4.69) is 78.6 Å². The lowest BCUT2D eigenvalue weighted by Gasteiger charge is -2.42. The Bertz CT molecular complexity index is 582. The lowest BCUT2D eigenvalue weighted by atomic mass is 10.1. The number of carbonyl (C=O) groups excluding carboxylic acids is 1. The van der Waals surface area contributed by atoms with Gasteiger partial charge in [0.2, 0.25) is 8.32 Å². The molecule has 1 unspecified atom stereocenters. The van der Waals surface area contributed by atoms with E-state index < -0.39 is 47.7 Å².